The molecule has 0 unspecified atom stereocenters. The maximum atomic E-state index is 12.9. The normalized spacial score (nSPS) is 10.9. The van der Waals surface area contributed by atoms with Gasteiger partial charge in [-0.1, -0.05) is 0 Å². The minimum atomic E-state index is -0.996. The van der Waals surface area contributed by atoms with Crippen molar-refractivity contribution < 1.29 is 13.6 Å². The summed E-state index contributed by atoms with van der Waals surface area (Å²) in [7, 11) is 0. The van der Waals surface area contributed by atoms with E-state index < -0.39 is 17.5 Å². The molecule has 0 saturated heterocycles. The maximum absolute atomic E-state index is 12.9. The molecule has 98 valence electrons. The van der Waals surface area contributed by atoms with E-state index in [1.54, 1.807) is 6.08 Å². The van der Waals surface area contributed by atoms with Gasteiger partial charge in [0, 0.05) is 22.7 Å². The third-order valence-electron chi connectivity index (χ3n) is 2.18. The van der Waals surface area contributed by atoms with E-state index in [0.29, 0.717) is 0 Å². The number of amides is 1. The molecule has 1 aromatic carbocycles. The molecule has 19 heavy (non-hydrogen) atoms. The molecule has 1 heterocycles. The molecular formula is C13H8BrF2NOS. The molecule has 1 amide bonds. The average Bonchev–Trinajstić information content (AvgIpc) is 2.77. The van der Waals surface area contributed by atoms with E-state index in [9.17, 15) is 13.6 Å². The Morgan fingerprint density at radius 3 is 2.63 bits per heavy atom. The van der Waals surface area contributed by atoms with Gasteiger partial charge in [0.2, 0.25) is 5.91 Å². The van der Waals surface area contributed by atoms with Crippen LogP contribution in [0.3, 0.4) is 0 Å². The molecule has 0 aliphatic carbocycles. The van der Waals surface area contributed by atoms with E-state index in [-0.39, 0.29) is 5.69 Å². The molecule has 0 aliphatic heterocycles. The molecule has 6 heteroatoms. The molecule has 0 spiro atoms. The molecule has 2 nitrogen and oxygen atoms in total. The summed E-state index contributed by atoms with van der Waals surface area (Å²) in [6, 6.07) is 6.92. The second kappa shape index (κ2) is 6.08. The second-order valence-electron chi connectivity index (χ2n) is 3.59. The molecule has 2 aromatic rings. The zero-order valence-electron chi connectivity index (χ0n) is 9.49. The molecule has 0 radical (unpaired) electrons. The van der Waals surface area contributed by atoms with Crippen molar-refractivity contribution in [3.8, 4) is 0 Å². The zero-order chi connectivity index (χ0) is 13.8. The predicted molar refractivity (Wildman–Crippen MR) is 76.0 cm³/mol. The number of halogens is 3. The highest BCUT2D eigenvalue weighted by Crippen LogP contribution is 2.23. The van der Waals surface area contributed by atoms with Crippen LogP contribution in [0.1, 0.15) is 4.88 Å². The van der Waals surface area contributed by atoms with E-state index in [4.69, 9.17) is 0 Å². The Morgan fingerprint density at radius 1 is 1.21 bits per heavy atom. The molecule has 2 rings (SSSR count). The number of nitrogens with one attached hydrogen (secondary N) is 1. The van der Waals surface area contributed by atoms with E-state index in [0.717, 1.165) is 20.8 Å². The number of rotatable bonds is 3. The van der Waals surface area contributed by atoms with Crippen LogP contribution in [0, 0.1) is 11.6 Å². The van der Waals surface area contributed by atoms with Crippen molar-refractivity contribution in [3.63, 3.8) is 0 Å². The first-order chi connectivity index (χ1) is 9.04. The number of carbonyl (C=O) groups excluding carboxylic acids is 1. The minimum absolute atomic E-state index is 0.209. The molecule has 1 N–H and O–H groups in total. The summed E-state index contributed by atoms with van der Waals surface area (Å²) in [5.74, 6) is -2.35. The standard InChI is InChI=1S/C13H8BrF2NOS/c14-12-5-2-9(19-12)3-6-13(18)17-8-1-4-10(15)11(16)7-8/h1-7H,(H,17,18). The van der Waals surface area contributed by atoms with Gasteiger partial charge in [0.1, 0.15) is 0 Å². The van der Waals surface area contributed by atoms with Gasteiger partial charge >= 0.3 is 0 Å². The largest absolute Gasteiger partial charge is 0.322 e. The molecule has 0 saturated carbocycles. The molecule has 0 fully saturated rings. The number of benzene rings is 1. The Labute approximate surface area is 120 Å². The summed E-state index contributed by atoms with van der Waals surface area (Å²) in [5.41, 5.74) is 0.209. The zero-order valence-corrected chi connectivity index (χ0v) is 11.9. The van der Waals surface area contributed by atoms with Gasteiger partial charge in [0.05, 0.1) is 3.79 Å². The monoisotopic (exact) mass is 343 g/mol. The number of thiophene rings is 1. The fourth-order valence-corrected chi connectivity index (χ4v) is 2.66. The van der Waals surface area contributed by atoms with Gasteiger partial charge in [0.15, 0.2) is 11.6 Å². The Balaban J connectivity index is 2.01. The topological polar surface area (TPSA) is 29.1 Å². The lowest BCUT2D eigenvalue weighted by Gasteiger charge is -2.02. The molecule has 0 aliphatic rings. The van der Waals surface area contributed by atoms with Crippen LogP contribution in [-0.4, -0.2) is 5.91 Å². The first kappa shape index (κ1) is 13.9. The Morgan fingerprint density at radius 2 is 2.00 bits per heavy atom. The third kappa shape index (κ3) is 3.97. The lowest BCUT2D eigenvalue weighted by Crippen LogP contribution is -2.08. The van der Waals surface area contributed by atoms with Crippen LogP contribution < -0.4 is 5.32 Å². The highest BCUT2D eigenvalue weighted by atomic mass is 79.9. The van der Waals surface area contributed by atoms with Crippen molar-refractivity contribution in [2.24, 2.45) is 0 Å². The van der Waals surface area contributed by atoms with Crippen LogP contribution >= 0.6 is 27.3 Å². The van der Waals surface area contributed by atoms with Crippen LogP contribution in [0.15, 0.2) is 40.2 Å². The lowest BCUT2D eigenvalue weighted by atomic mass is 10.3. The van der Waals surface area contributed by atoms with Gasteiger partial charge in [-0.05, 0) is 46.3 Å². The predicted octanol–water partition coefficient (Wildman–Crippen LogP) is 4.44. The van der Waals surface area contributed by atoms with Gasteiger partial charge in [-0.2, -0.15) is 0 Å². The average molecular weight is 344 g/mol. The Kier molecular flexibility index (Phi) is 4.44. The molecular weight excluding hydrogens is 336 g/mol. The summed E-state index contributed by atoms with van der Waals surface area (Å²) in [5, 5.41) is 2.45. The highest BCUT2D eigenvalue weighted by Gasteiger charge is 2.04. The van der Waals surface area contributed by atoms with Crippen molar-refractivity contribution in [1.82, 2.24) is 0 Å². The van der Waals surface area contributed by atoms with E-state index in [1.807, 2.05) is 12.1 Å². The fourth-order valence-electron chi connectivity index (χ4n) is 1.33. The summed E-state index contributed by atoms with van der Waals surface area (Å²) in [4.78, 5) is 12.5. The Hall–Kier alpha value is -1.53. The number of hydrogen-bond acceptors (Lipinski definition) is 2. The van der Waals surface area contributed by atoms with Gasteiger partial charge in [0.25, 0.3) is 0 Å². The van der Waals surface area contributed by atoms with Crippen molar-refractivity contribution in [2.45, 2.75) is 0 Å². The SMILES string of the molecule is O=C(C=Cc1ccc(Br)s1)Nc1ccc(F)c(F)c1. The van der Waals surface area contributed by atoms with Crippen LogP contribution in [0.25, 0.3) is 6.08 Å². The summed E-state index contributed by atoms with van der Waals surface area (Å²) >= 11 is 4.80. The third-order valence-corrected chi connectivity index (χ3v) is 3.77. The van der Waals surface area contributed by atoms with Crippen molar-refractivity contribution in [1.29, 1.82) is 0 Å². The highest BCUT2D eigenvalue weighted by molar-refractivity contribution is 9.11. The van der Waals surface area contributed by atoms with Gasteiger partial charge < -0.3 is 5.32 Å². The number of anilines is 1. The van der Waals surface area contributed by atoms with Gasteiger partial charge in [-0.15, -0.1) is 11.3 Å². The van der Waals surface area contributed by atoms with Crippen LogP contribution in [0.4, 0.5) is 14.5 Å². The summed E-state index contributed by atoms with van der Waals surface area (Å²) < 4.78 is 26.6. The van der Waals surface area contributed by atoms with Gasteiger partial charge in [-0.25, -0.2) is 8.78 Å². The first-order valence-corrected chi connectivity index (χ1v) is 6.85. The quantitative estimate of drug-likeness (QED) is 0.820. The van der Waals surface area contributed by atoms with Crippen molar-refractivity contribution in [2.75, 3.05) is 5.32 Å². The summed E-state index contributed by atoms with van der Waals surface area (Å²) in [6.07, 6.45) is 2.98. The van der Waals surface area contributed by atoms with Crippen LogP contribution in [-0.2, 0) is 4.79 Å². The molecule has 0 atom stereocenters. The number of hydrogen-bond donors (Lipinski definition) is 1. The molecule has 1 aromatic heterocycles. The number of carbonyl (C=O) groups is 1. The summed E-state index contributed by atoms with van der Waals surface area (Å²) in [6.45, 7) is 0. The Bertz CT molecular complexity index is 639. The van der Waals surface area contributed by atoms with E-state index in [1.165, 1.54) is 23.5 Å². The van der Waals surface area contributed by atoms with Crippen LogP contribution in [0.5, 0.6) is 0 Å². The smallest absolute Gasteiger partial charge is 0.248 e. The second-order valence-corrected chi connectivity index (χ2v) is 6.09. The van der Waals surface area contributed by atoms with Crippen LogP contribution in [0.2, 0.25) is 0 Å². The lowest BCUT2D eigenvalue weighted by molar-refractivity contribution is -0.111. The maximum Gasteiger partial charge on any atom is 0.248 e. The van der Waals surface area contributed by atoms with Gasteiger partial charge in [-0.3, -0.25) is 4.79 Å². The first-order valence-electron chi connectivity index (χ1n) is 5.24. The van der Waals surface area contributed by atoms with E-state index >= 15 is 0 Å². The van der Waals surface area contributed by atoms with E-state index in [2.05, 4.69) is 21.2 Å². The molecule has 0 bridgehead atoms. The fraction of sp³-hybridized carbons (Fsp3) is 0. The minimum Gasteiger partial charge on any atom is -0.322 e. The van der Waals surface area contributed by atoms with Crippen molar-refractivity contribution >= 4 is 44.9 Å². The van der Waals surface area contributed by atoms with Crippen molar-refractivity contribution in [3.05, 3.63) is 56.7 Å².